The van der Waals surface area contributed by atoms with Gasteiger partial charge in [-0.15, -0.1) is 0 Å². The number of carbonyl (C=O) groups is 2. The van der Waals surface area contributed by atoms with E-state index in [1.54, 1.807) is 36.4 Å². The molecule has 5 nitrogen and oxygen atoms in total. The Kier molecular flexibility index (Phi) is 6.61. The van der Waals surface area contributed by atoms with Crippen LogP contribution in [-0.4, -0.2) is 18.4 Å². The Morgan fingerprint density at radius 3 is 2.39 bits per heavy atom. The van der Waals surface area contributed by atoms with Crippen LogP contribution in [0.25, 0.3) is 0 Å². The van der Waals surface area contributed by atoms with Crippen molar-refractivity contribution >= 4 is 59.6 Å². The number of ether oxygens (including phenoxy) is 1. The molecule has 0 saturated carbocycles. The molecule has 0 aliphatic rings. The highest BCUT2D eigenvalue weighted by Crippen LogP contribution is 2.28. The summed E-state index contributed by atoms with van der Waals surface area (Å²) in [6.07, 6.45) is 0. The van der Waals surface area contributed by atoms with E-state index in [-0.39, 0.29) is 6.61 Å². The Labute approximate surface area is 158 Å². The summed E-state index contributed by atoms with van der Waals surface area (Å²) in [7, 11) is 0. The van der Waals surface area contributed by atoms with E-state index in [9.17, 15) is 9.59 Å². The summed E-state index contributed by atoms with van der Waals surface area (Å²) in [5.41, 5.74) is 5.05. The molecular weight excluding hydrogens is 496 g/mol. The van der Waals surface area contributed by atoms with E-state index in [0.29, 0.717) is 15.8 Å². The zero-order valence-electron chi connectivity index (χ0n) is 11.6. The van der Waals surface area contributed by atoms with Crippen LogP contribution in [0, 0.1) is 0 Å². The Morgan fingerprint density at radius 1 is 0.957 bits per heavy atom. The summed E-state index contributed by atoms with van der Waals surface area (Å²) >= 11 is 9.94. The van der Waals surface area contributed by atoms with Crippen molar-refractivity contribution in [2.75, 3.05) is 6.61 Å². The highest BCUT2D eigenvalue weighted by atomic mass is 79.9. The Hall–Kier alpha value is -1.38. The minimum atomic E-state index is -0.472. The zero-order chi connectivity index (χ0) is 16.8. The van der Waals surface area contributed by atoms with E-state index >= 15 is 0 Å². The van der Waals surface area contributed by atoms with Gasteiger partial charge in [0.05, 0.1) is 10.0 Å². The molecule has 0 saturated heterocycles. The zero-order valence-corrected chi connectivity index (χ0v) is 16.4. The molecule has 0 spiro atoms. The van der Waals surface area contributed by atoms with Crippen LogP contribution in [0.5, 0.6) is 5.75 Å². The van der Waals surface area contributed by atoms with Gasteiger partial charge in [-0.25, -0.2) is 0 Å². The Morgan fingerprint density at radius 2 is 1.70 bits per heavy atom. The summed E-state index contributed by atoms with van der Waals surface area (Å²) in [5.74, 6) is -0.364. The van der Waals surface area contributed by atoms with Gasteiger partial charge in [0.1, 0.15) is 5.75 Å². The predicted octanol–water partition coefficient (Wildman–Crippen LogP) is 3.81. The number of hydrazine groups is 1. The van der Waals surface area contributed by atoms with Gasteiger partial charge >= 0.3 is 0 Å². The van der Waals surface area contributed by atoms with Crippen molar-refractivity contribution in [3.63, 3.8) is 0 Å². The molecule has 120 valence electrons. The maximum atomic E-state index is 11.9. The lowest BCUT2D eigenvalue weighted by atomic mass is 10.2. The number of carbonyl (C=O) groups excluding carboxylic acids is 2. The highest BCUT2D eigenvalue weighted by molar-refractivity contribution is 9.11. The first-order valence-corrected chi connectivity index (χ1v) is 8.77. The molecule has 0 aromatic heterocycles. The molecule has 0 unspecified atom stereocenters. The van der Waals surface area contributed by atoms with Crippen LogP contribution in [0.4, 0.5) is 0 Å². The number of halogens is 3. The van der Waals surface area contributed by atoms with Crippen LogP contribution in [0.15, 0.2) is 55.9 Å². The minimum absolute atomic E-state index is 0.226. The number of rotatable bonds is 4. The molecule has 0 heterocycles. The van der Waals surface area contributed by atoms with Gasteiger partial charge < -0.3 is 4.74 Å². The quantitative estimate of drug-likeness (QED) is 0.620. The van der Waals surface area contributed by atoms with Gasteiger partial charge in [0.25, 0.3) is 11.8 Å². The van der Waals surface area contributed by atoms with Crippen LogP contribution in [-0.2, 0) is 4.79 Å². The van der Waals surface area contributed by atoms with Crippen molar-refractivity contribution in [3.8, 4) is 5.75 Å². The predicted molar refractivity (Wildman–Crippen MR) is 97.1 cm³/mol. The highest BCUT2D eigenvalue weighted by Gasteiger charge is 2.11. The number of benzene rings is 2. The number of hydrogen-bond acceptors (Lipinski definition) is 3. The summed E-state index contributed by atoms with van der Waals surface area (Å²) in [6, 6.07) is 12.2. The van der Waals surface area contributed by atoms with Gasteiger partial charge in [-0.2, -0.15) is 0 Å². The van der Waals surface area contributed by atoms with Crippen molar-refractivity contribution < 1.29 is 14.3 Å². The fourth-order valence-electron chi connectivity index (χ4n) is 1.61. The minimum Gasteiger partial charge on any atom is -0.483 e. The molecule has 2 aromatic rings. The molecule has 2 rings (SSSR count). The Bertz CT molecular complexity index is 738. The maximum absolute atomic E-state index is 11.9. The molecule has 0 bridgehead atoms. The first-order valence-electron chi connectivity index (χ1n) is 6.39. The second-order valence-electron chi connectivity index (χ2n) is 4.35. The molecule has 0 radical (unpaired) electrons. The summed E-state index contributed by atoms with van der Waals surface area (Å²) in [4.78, 5) is 23.7. The maximum Gasteiger partial charge on any atom is 0.276 e. The average Bonchev–Trinajstić information content (AvgIpc) is 2.52. The van der Waals surface area contributed by atoms with Gasteiger partial charge in [0.2, 0.25) is 0 Å². The van der Waals surface area contributed by atoms with Crippen LogP contribution in [0.2, 0.25) is 0 Å². The SMILES string of the molecule is O=C(COc1ccc(Br)cc1Br)NNC(=O)c1ccccc1Br. The van der Waals surface area contributed by atoms with E-state index in [1.165, 1.54) is 0 Å². The van der Waals surface area contributed by atoms with Gasteiger partial charge in [-0.1, -0.05) is 28.1 Å². The van der Waals surface area contributed by atoms with Crippen LogP contribution in [0.3, 0.4) is 0 Å². The molecule has 2 amide bonds. The van der Waals surface area contributed by atoms with Crippen molar-refractivity contribution in [2.45, 2.75) is 0 Å². The van der Waals surface area contributed by atoms with Crippen LogP contribution in [0.1, 0.15) is 10.4 Å². The van der Waals surface area contributed by atoms with Crippen molar-refractivity contribution in [3.05, 3.63) is 61.4 Å². The molecule has 23 heavy (non-hydrogen) atoms. The lowest BCUT2D eigenvalue weighted by Crippen LogP contribution is -2.43. The van der Waals surface area contributed by atoms with E-state index in [2.05, 4.69) is 58.6 Å². The van der Waals surface area contributed by atoms with Crippen molar-refractivity contribution in [1.29, 1.82) is 0 Å². The van der Waals surface area contributed by atoms with Crippen LogP contribution < -0.4 is 15.6 Å². The smallest absolute Gasteiger partial charge is 0.276 e. The first-order chi connectivity index (χ1) is 11.0. The van der Waals surface area contributed by atoms with E-state index in [0.717, 1.165) is 8.95 Å². The second-order valence-corrected chi connectivity index (χ2v) is 6.97. The van der Waals surface area contributed by atoms with E-state index in [1.807, 2.05) is 6.07 Å². The third-order valence-electron chi connectivity index (χ3n) is 2.69. The van der Waals surface area contributed by atoms with E-state index in [4.69, 9.17) is 4.74 Å². The molecule has 0 aliphatic heterocycles. The largest absolute Gasteiger partial charge is 0.483 e. The monoisotopic (exact) mass is 504 g/mol. The van der Waals surface area contributed by atoms with Gasteiger partial charge in [0, 0.05) is 8.95 Å². The molecular formula is C15H11Br3N2O3. The number of hydrogen-bond donors (Lipinski definition) is 2. The fraction of sp³-hybridized carbons (Fsp3) is 0.0667. The van der Waals surface area contributed by atoms with Gasteiger partial charge in [-0.3, -0.25) is 20.4 Å². The second kappa shape index (κ2) is 8.47. The van der Waals surface area contributed by atoms with Gasteiger partial charge in [0.15, 0.2) is 6.61 Å². The molecule has 2 N–H and O–H groups in total. The molecule has 0 fully saturated rings. The molecule has 8 heteroatoms. The molecule has 0 atom stereocenters. The summed E-state index contributed by atoms with van der Waals surface area (Å²) in [6.45, 7) is -0.226. The summed E-state index contributed by atoms with van der Waals surface area (Å²) in [5, 5.41) is 0. The number of amides is 2. The van der Waals surface area contributed by atoms with E-state index < -0.39 is 11.8 Å². The van der Waals surface area contributed by atoms with Gasteiger partial charge in [-0.05, 0) is 62.2 Å². The standard InChI is InChI=1S/C15H11Br3N2O3/c16-9-5-6-13(12(18)7-9)23-8-14(21)19-20-15(22)10-3-1-2-4-11(10)17/h1-7H,8H2,(H,19,21)(H,20,22). The van der Waals surface area contributed by atoms with Crippen molar-refractivity contribution in [2.24, 2.45) is 0 Å². The van der Waals surface area contributed by atoms with Crippen molar-refractivity contribution in [1.82, 2.24) is 10.9 Å². The van der Waals surface area contributed by atoms with Crippen LogP contribution >= 0.6 is 47.8 Å². The number of nitrogens with one attached hydrogen (secondary N) is 2. The third kappa shape index (κ3) is 5.33. The normalized spacial score (nSPS) is 10.0. The molecule has 0 aliphatic carbocycles. The lowest BCUT2D eigenvalue weighted by molar-refractivity contribution is -0.123. The topological polar surface area (TPSA) is 67.4 Å². The molecule has 2 aromatic carbocycles. The summed E-state index contributed by atoms with van der Waals surface area (Å²) < 4.78 is 7.63. The fourth-order valence-corrected chi connectivity index (χ4v) is 3.24. The first kappa shape index (κ1) is 18.0. The third-order valence-corrected chi connectivity index (χ3v) is 4.49. The lowest BCUT2D eigenvalue weighted by Gasteiger charge is -2.10. The Balaban J connectivity index is 1.83. The average molecular weight is 507 g/mol.